The zero-order valence-corrected chi connectivity index (χ0v) is 16.4. The molecule has 3 aromatic rings. The summed E-state index contributed by atoms with van der Waals surface area (Å²) in [6.07, 6.45) is 0.374. The zero-order valence-electron chi connectivity index (χ0n) is 16.4. The second-order valence-electron chi connectivity index (χ2n) is 6.40. The summed E-state index contributed by atoms with van der Waals surface area (Å²) < 4.78 is 57.5. The minimum Gasteiger partial charge on any atom is -0.493 e. The third kappa shape index (κ3) is 3.82. The largest absolute Gasteiger partial charge is 0.493 e. The van der Waals surface area contributed by atoms with E-state index in [-0.39, 0.29) is 5.56 Å². The normalized spacial score (nSPS) is 15.1. The van der Waals surface area contributed by atoms with Crippen LogP contribution in [0.3, 0.4) is 0 Å². The van der Waals surface area contributed by atoms with Crippen LogP contribution in [0.2, 0.25) is 0 Å². The highest BCUT2D eigenvalue weighted by Crippen LogP contribution is 2.42. The van der Waals surface area contributed by atoms with E-state index < -0.39 is 23.6 Å². The lowest BCUT2D eigenvalue weighted by atomic mass is 9.93. The Morgan fingerprint density at radius 3 is 2.24 bits per heavy atom. The molecule has 2 N–H and O–H groups in total. The third-order valence-electron chi connectivity index (χ3n) is 4.90. The highest BCUT2D eigenvalue weighted by molar-refractivity contribution is 5.91. The average Bonchev–Trinajstić information content (AvgIpc) is 2.76. The van der Waals surface area contributed by atoms with Gasteiger partial charge in [-0.25, -0.2) is 13.2 Å². The van der Waals surface area contributed by atoms with Gasteiger partial charge >= 0.3 is 0 Å². The Bertz CT molecular complexity index is 1040. The number of halogens is 3. The van der Waals surface area contributed by atoms with E-state index in [1.807, 2.05) is 18.2 Å². The fourth-order valence-electron chi connectivity index (χ4n) is 3.55. The number of nitrogens with two attached hydrogens (primary N) is 1. The molecule has 1 aliphatic heterocycles. The Kier molecular flexibility index (Phi) is 6.17. The first-order chi connectivity index (χ1) is 14.0. The maximum absolute atomic E-state index is 14.1. The van der Waals surface area contributed by atoms with Gasteiger partial charge in [-0.05, 0) is 54.9 Å². The highest BCUT2D eigenvalue weighted by Gasteiger charge is 2.27. The summed E-state index contributed by atoms with van der Waals surface area (Å²) in [6.45, 7) is 0. The van der Waals surface area contributed by atoms with Gasteiger partial charge < -0.3 is 19.9 Å². The van der Waals surface area contributed by atoms with Crippen molar-refractivity contribution in [1.82, 2.24) is 0 Å². The van der Waals surface area contributed by atoms with Crippen molar-refractivity contribution in [2.24, 2.45) is 5.73 Å². The molecule has 0 amide bonds. The molecule has 1 unspecified atom stereocenters. The molecule has 4 nitrogen and oxygen atoms in total. The molecular weight excluding hydrogens is 383 g/mol. The van der Waals surface area contributed by atoms with Crippen molar-refractivity contribution in [3.63, 3.8) is 0 Å². The van der Waals surface area contributed by atoms with Gasteiger partial charge in [0, 0.05) is 17.2 Å². The van der Waals surface area contributed by atoms with Gasteiger partial charge in [0.15, 0.2) is 23.1 Å². The molecule has 0 spiro atoms. The van der Waals surface area contributed by atoms with Crippen molar-refractivity contribution in [3.05, 3.63) is 65.0 Å². The van der Waals surface area contributed by atoms with Gasteiger partial charge in [-0.3, -0.25) is 0 Å². The monoisotopic (exact) mass is 405 g/mol. The molecule has 7 heteroatoms. The van der Waals surface area contributed by atoms with Crippen LogP contribution in [0.5, 0.6) is 17.2 Å². The smallest absolute Gasteiger partial charge is 0.161 e. The predicted octanol–water partition coefficient (Wildman–Crippen LogP) is 4.92. The lowest BCUT2D eigenvalue weighted by Gasteiger charge is -2.28. The molecule has 1 aliphatic rings. The molecule has 0 saturated carbocycles. The first-order valence-electron chi connectivity index (χ1n) is 9.08. The SMILES string of the molecule is CN.COc1cc2ccc3c(c2cc1OC)CCC(c1cc(F)c(F)cc1F)O3. The van der Waals surface area contributed by atoms with E-state index in [0.717, 1.165) is 22.4 Å². The van der Waals surface area contributed by atoms with Crippen LogP contribution >= 0.6 is 0 Å². The molecule has 0 bridgehead atoms. The van der Waals surface area contributed by atoms with Crippen LogP contribution in [0, 0.1) is 17.5 Å². The van der Waals surface area contributed by atoms with Gasteiger partial charge in [0.25, 0.3) is 0 Å². The number of fused-ring (bicyclic) bond motifs is 3. The number of hydrogen-bond acceptors (Lipinski definition) is 4. The Morgan fingerprint density at radius 1 is 0.897 bits per heavy atom. The fraction of sp³-hybridized carbons (Fsp3) is 0.273. The lowest BCUT2D eigenvalue weighted by molar-refractivity contribution is 0.172. The molecule has 0 saturated heterocycles. The second-order valence-corrected chi connectivity index (χ2v) is 6.40. The number of benzene rings is 3. The maximum Gasteiger partial charge on any atom is 0.161 e. The highest BCUT2D eigenvalue weighted by atomic mass is 19.2. The number of aryl methyl sites for hydroxylation is 1. The molecule has 1 heterocycles. The standard InChI is InChI=1S/C21H17F3O3.CH5N/c1-25-20-7-11-3-5-18-12(13(11)9-21(20)26-2)4-6-19(27-18)14-8-16(23)17(24)10-15(14)22;1-2/h3,5,7-10,19H,4,6H2,1-2H3;2H2,1H3. The van der Waals surface area contributed by atoms with Crippen LogP contribution in [0.15, 0.2) is 36.4 Å². The van der Waals surface area contributed by atoms with Crippen LogP contribution in [0.4, 0.5) is 13.2 Å². The summed E-state index contributed by atoms with van der Waals surface area (Å²) in [6, 6.07) is 8.87. The van der Waals surface area contributed by atoms with E-state index in [4.69, 9.17) is 14.2 Å². The molecular formula is C22H22F3NO3. The lowest BCUT2D eigenvalue weighted by Crippen LogP contribution is -2.17. The Balaban J connectivity index is 0.00000117. The minimum absolute atomic E-state index is 0.0203. The number of rotatable bonds is 3. The minimum atomic E-state index is -1.21. The van der Waals surface area contributed by atoms with Crippen molar-refractivity contribution in [2.75, 3.05) is 21.3 Å². The molecule has 0 aromatic heterocycles. The quantitative estimate of drug-likeness (QED) is 0.629. The summed E-state index contributed by atoms with van der Waals surface area (Å²) in [4.78, 5) is 0. The van der Waals surface area contributed by atoms with Crippen molar-refractivity contribution in [1.29, 1.82) is 0 Å². The topological polar surface area (TPSA) is 53.7 Å². The molecule has 29 heavy (non-hydrogen) atoms. The van der Waals surface area contributed by atoms with E-state index in [9.17, 15) is 13.2 Å². The number of ether oxygens (including phenoxy) is 3. The Labute approximate surface area is 167 Å². The molecule has 3 aromatic carbocycles. The van der Waals surface area contributed by atoms with Gasteiger partial charge in [-0.1, -0.05) is 6.07 Å². The summed E-state index contributed by atoms with van der Waals surface area (Å²) in [5, 5.41) is 1.92. The van der Waals surface area contributed by atoms with E-state index in [0.29, 0.717) is 36.2 Å². The van der Waals surface area contributed by atoms with Crippen molar-refractivity contribution in [2.45, 2.75) is 18.9 Å². The molecule has 1 atom stereocenters. The first-order valence-corrected chi connectivity index (χ1v) is 9.08. The third-order valence-corrected chi connectivity index (χ3v) is 4.90. The zero-order chi connectivity index (χ0) is 21.1. The van der Waals surface area contributed by atoms with Gasteiger partial charge in [-0.2, -0.15) is 0 Å². The summed E-state index contributed by atoms with van der Waals surface area (Å²) in [5.74, 6) is -1.28. The van der Waals surface area contributed by atoms with Gasteiger partial charge in [0.2, 0.25) is 0 Å². The van der Waals surface area contributed by atoms with Crippen LogP contribution < -0.4 is 19.9 Å². The first kappa shape index (κ1) is 20.8. The summed E-state index contributed by atoms with van der Waals surface area (Å²) in [7, 11) is 4.64. The van der Waals surface area contributed by atoms with Gasteiger partial charge in [0.05, 0.1) is 14.2 Å². The maximum atomic E-state index is 14.1. The Morgan fingerprint density at radius 2 is 1.55 bits per heavy atom. The summed E-state index contributed by atoms with van der Waals surface area (Å²) >= 11 is 0. The number of hydrogen-bond donors (Lipinski definition) is 1. The van der Waals surface area contributed by atoms with E-state index in [2.05, 4.69) is 5.73 Å². The van der Waals surface area contributed by atoms with Crippen LogP contribution in [-0.2, 0) is 6.42 Å². The van der Waals surface area contributed by atoms with E-state index in [1.54, 1.807) is 20.3 Å². The van der Waals surface area contributed by atoms with E-state index >= 15 is 0 Å². The van der Waals surface area contributed by atoms with E-state index in [1.165, 1.54) is 7.05 Å². The molecule has 4 rings (SSSR count). The van der Waals surface area contributed by atoms with Crippen molar-refractivity contribution >= 4 is 10.8 Å². The molecule has 0 radical (unpaired) electrons. The Hall–Kier alpha value is -2.93. The average molecular weight is 405 g/mol. The summed E-state index contributed by atoms with van der Waals surface area (Å²) in [5.41, 5.74) is 5.49. The van der Waals surface area contributed by atoms with Crippen molar-refractivity contribution < 1.29 is 27.4 Å². The predicted molar refractivity (Wildman–Crippen MR) is 105 cm³/mol. The molecule has 0 fully saturated rings. The van der Waals surface area contributed by atoms with Crippen LogP contribution in [0.1, 0.15) is 23.7 Å². The van der Waals surface area contributed by atoms with Crippen molar-refractivity contribution in [3.8, 4) is 17.2 Å². The molecule has 0 aliphatic carbocycles. The van der Waals surface area contributed by atoms with Gasteiger partial charge in [-0.15, -0.1) is 0 Å². The van der Waals surface area contributed by atoms with Crippen LogP contribution in [-0.4, -0.2) is 21.3 Å². The van der Waals surface area contributed by atoms with Gasteiger partial charge in [0.1, 0.15) is 17.7 Å². The second kappa shape index (κ2) is 8.61. The molecule has 154 valence electrons. The van der Waals surface area contributed by atoms with Crippen LogP contribution in [0.25, 0.3) is 10.8 Å². The number of methoxy groups -OCH3 is 2. The fourth-order valence-corrected chi connectivity index (χ4v) is 3.55.